The Labute approximate surface area is 104 Å². The summed E-state index contributed by atoms with van der Waals surface area (Å²) in [5.41, 5.74) is 2.85. The highest BCUT2D eigenvalue weighted by atomic mass is 16.3. The second kappa shape index (κ2) is 5.33. The van der Waals surface area contributed by atoms with Crippen LogP contribution >= 0.6 is 0 Å². The monoisotopic (exact) mass is 231 g/mol. The van der Waals surface area contributed by atoms with E-state index in [2.05, 4.69) is 37.6 Å². The Hall–Kier alpha value is -1.33. The smallest absolute Gasteiger partial charge is 0.107 e. The maximum Gasteiger partial charge on any atom is 0.107 e. The SMILES string of the molecule is Cc1cnc(C(O)CC#CC(C)(C)C)c(C)c1. The second-order valence-electron chi connectivity index (χ2n) is 5.49. The lowest BCUT2D eigenvalue weighted by molar-refractivity contribution is 0.178. The highest BCUT2D eigenvalue weighted by molar-refractivity contribution is 5.25. The summed E-state index contributed by atoms with van der Waals surface area (Å²) < 4.78 is 0. The summed E-state index contributed by atoms with van der Waals surface area (Å²) >= 11 is 0. The number of hydrogen-bond acceptors (Lipinski definition) is 2. The molecule has 1 atom stereocenters. The molecule has 0 aliphatic rings. The van der Waals surface area contributed by atoms with Gasteiger partial charge in [-0.2, -0.15) is 0 Å². The lowest BCUT2D eigenvalue weighted by atomic mass is 9.97. The molecule has 0 aromatic carbocycles. The maximum absolute atomic E-state index is 10.0. The summed E-state index contributed by atoms with van der Waals surface area (Å²) in [5.74, 6) is 6.14. The first-order valence-electron chi connectivity index (χ1n) is 5.91. The second-order valence-corrected chi connectivity index (χ2v) is 5.49. The van der Waals surface area contributed by atoms with Crippen LogP contribution in [0.4, 0.5) is 0 Å². The molecule has 0 bridgehead atoms. The van der Waals surface area contributed by atoms with Crippen LogP contribution in [-0.4, -0.2) is 10.1 Å². The van der Waals surface area contributed by atoms with Gasteiger partial charge in [-0.3, -0.25) is 4.98 Å². The van der Waals surface area contributed by atoms with Crippen LogP contribution < -0.4 is 0 Å². The van der Waals surface area contributed by atoms with E-state index in [1.807, 2.05) is 19.9 Å². The van der Waals surface area contributed by atoms with Crippen molar-refractivity contribution in [2.45, 2.75) is 47.1 Å². The van der Waals surface area contributed by atoms with Crippen LogP contribution in [0.1, 0.15) is 50.1 Å². The number of nitrogens with zero attached hydrogens (tertiary/aromatic N) is 1. The maximum atomic E-state index is 10.0. The van der Waals surface area contributed by atoms with Crippen molar-refractivity contribution in [2.75, 3.05) is 0 Å². The zero-order chi connectivity index (χ0) is 13.1. The fourth-order valence-corrected chi connectivity index (χ4v) is 1.58. The first kappa shape index (κ1) is 13.7. The Bertz CT molecular complexity index is 446. The number of rotatable bonds is 2. The molecule has 1 heterocycles. The summed E-state index contributed by atoms with van der Waals surface area (Å²) in [7, 11) is 0. The minimum atomic E-state index is -0.592. The van der Waals surface area contributed by atoms with Gasteiger partial charge in [0.1, 0.15) is 6.10 Å². The summed E-state index contributed by atoms with van der Waals surface area (Å²) in [6, 6.07) is 2.03. The van der Waals surface area contributed by atoms with Gasteiger partial charge in [0.05, 0.1) is 5.69 Å². The van der Waals surface area contributed by atoms with Crippen molar-refractivity contribution in [3.63, 3.8) is 0 Å². The van der Waals surface area contributed by atoms with Crippen LogP contribution in [0.5, 0.6) is 0 Å². The van der Waals surface area contributed by atoms with Gasteiger partial charge in [-0.15, -0.1) is 0 Å². The molecule has 92 valence electrons. The number of aromatic nitrogens is 1. The Morgan fingerprint density at radius 3 is 2.53 bits per heavy atom. The molecule has 0 saturated carbocycles. The van der Waals surface area contributed by atoms with Gasteiger partial charge in [-0.1, -0.05) is 17.9 Å². The first-order chi connectivity index (χ1) is 7.79. The van der Waals surface area contributed by atoms with E-state index in [0.29, 0.717) is 6.42 Å². The van der Waals surface area contributed by atoms with E-state index in [4.69, 9.17) is 0 Å². The third kappa shape index (κ3) is 4.58. The van der Waals surface area contributed by atoms with Crippen molar-refractivity contribution in [3.8, 4) is 11.8 Å². The number of aliphatic hydroxyl groups excluding tert-OH is 1. The Morgan fingerprint density at radius 2 is 2.00 bits per heavy atom. The van der Waals surface area contributed by atoms with E-state index < -0.39 is 6.10 Å². The molecule has 1 unspecified atom stereocenters. The standard InChI is InChI=1S/C15H21NO/c1-11-9-12(2)14(16-10-11)13(17)7-6-8-15(3,4)5/h9-10,13,17H,7H2,1-5H3. The molecule has 0 aliphatic carbocycles. The van der Waals surface area contributed by atoms with Gasteiger partial charge in [0.2, 0.25) is 0 Å². The molecule has 2 heteroatoms. The van der Waals surface area contributed by atoms with Gasteiger partial charge < -0.3 is 5.11 Å². The largest absolute Gasteiger partial charge is 0.386 e. The van der Waals surface area contributed by atoms with Crippen LogP contribution in [0.15, 0.2) is 12.3 Å². The van der Waals surface area contributed by atoms with Crippen LogP contribution in [0, 0.1) is 31.1 Å². The molecule has 1 N–H and O–H groups in total. The minimum absolute atomic E-state index is 0.0184. The van der Waals surface area contributed by atoms with Crippen molar-refractivity contribution in [1.82, 2.24) is 4.98 Å². The average Bonchev–Trinajstić information content (AvgIpc) is 2.15. The highest BCUT2D eigenvalue weighted by Crippen LogP contribution is 2.19. The van der Waals surface area contributed by atoms with Gasteiger partial charge in [0, 0.05) is 18.0 Å². The van der Waals surface area contributed by atoms with Crippen molar-refractivity contribution >= 4 is 0 Å². The number of hydrogen-bond donors (Lipinski definition) is 1. The molecular formula is C15H21NO. The topological polar surface area (TPSA) is 33.1 Å². The molecule has 0 fully saturated rings. The molecular weight excluding hydrogens is 210 g/mol. The summed E-state index contributed by atoms with van der Waals surface area (Å²) in [4.78, 5) is 4.28. The van der Waals surface area contributed by atoms with E-state index in [1.54, 1.807) is 6.20 Å². The van der Waals surface area contributed by atoms with Crippen LogP contribution in [-0.2, 0) is 0 Å². The summed E-state index contributed by atoms with van der Waals surface area (Å²) in [6.07, 6.45) is 1.63. The van der Waals surface area contributed by atoms with Crippen molar-refractivity contribution in [2.24, 2.45) is 5.41 Å². The first-order valence-corrected chi connectivity index (χ1v) is 5.91. The Balaban J connectivity index is 2.76. The van der Waals surface area contributed by atoms with E-state index >= 15 is 0 Å². The molecule has 2 nitrogen and oxygen atoms in total. The summed E-state index contributed by atoms with van der Waals surface area (Å²) in [6.45, 7) is 10.1. The lowest BCUT2D eigenvalue weighted by Gasteiger charge is -2.11. The predicted octanol–water partition coefficient (Wildman–Crippen LogP) is 3.17. The fourth-order valence-electron chi connectivity index (χ4n) is 1.58. The quantitative estimate of drug-likeness (QED) is 0.793. The lowest BCUT2D eigenvalue weighted by Crippen LogP contribution is -2.04. The van der Waals surface area contributed by atoms with Gasteiger partial charge in [-0.25, -0.2) is 0 Å². The van der Waals surface area contributed by atoms with Crippen molar-refractivity contribution in [1.29, 1.82) is 0 Å². The van der Waals surface area contributed by atoms with Gasteiger partial charge >= 0.3 is 0 Å². The normalized spacial score (nSPS) is 12.8. The number of aryl methyl sites for hydroxylation is 2. The van der Waals surface area contributed by atoms with Crippen molar-refractivity contribution < 1.29 is 5.11 Å². The third-order valence-corrected chi connectivity index (χ3v) is 2.33. The van der Waals surface area contributed by atoms with Crippen LogP contribution in [0.3, 0.4) is 0 Å². The molecule has 0 radical (unpaired) electrons. The van der Waals surface area contributed by atoms with Crippen LogP contribution in [0.25, 0.3) is 0 Å². The van der Waals surface area contributed by atoms with E-state index in [0.717, 1.165) is 16.8 Å². The fraction of sp³-hybridized carbons (Fsp3) is 0.533. The van der Waals surface area contributed by atoms with E-state index in [9.17, 15) is 5.11 Å². The number of aliphatic hydroxyl groups is 1. The molecule has 1 aromatic heterocycles. The predicted molar refractivity (Wildman–Crippen MR) is 70.5 cm³/mol. The Kier molecular flexibility index (Phi) is 4.31. The molecule has 17 heavy (non-hydrogen) atoms. The van der Waals surface area contributed by atoms with Crippen LogP contribution in [0.2, 0.25) is 0 Å². The molecule has 0 spiro atoms. The Morgan fingerprint density at radius 1 is 1.35 bits per heavy atom. The minimum Gasteiger partial charge on any atom is -0.386 e. The third-order valence-electron chi connectivity index (χ3n) is 2.33. The van der Waals surface area contributed by atoms with E-state index in [1.165, 1.54) is 0 Å². The van der Waals surface area contributed by atoms with Gasteiger partial charge in [-0.05, 0) is 45.7 Å². The van der Waals surface area contributed by atoms with E-state index in [-0.39, 0.29) is 5.41 Å². The summed E-state index contributed by atoms with van der Waals surface area (Å²) in [5, 5.41) is 10.0. The molecule has 0 amide bonds. The van der Waals surface area contributed by atoms with Gasteiger partial charge in [0.25, 0.3) is 0 Å². The average molecular weight is 231 g/mol. The zero-order valence-corrected chi connectivity index (χ0v) is 11.3. The zero-order valence-electron chi connectivity index (χ0n) is 11.3. The highest BCUT2D eigenvalue weighted by Gasteiger charge is 2.11. The molecule has 0 aliphatic heterocycles. The molecule has 1 rings (SSSR count). The molecule has 1 aromatic rings. The van der Waals surface area contributed by atoms with Crippen molar-refractivity contribution in [3.05, 3.63) is 29.1 Å². The molecule has 0 saturated heterocycles. The number of pyridine rings is 1. The van der Waals surface area contributed by atoms with Gasteiger partial charge in [0.15, 0.2) is 0 Å².